The molecule has 0 heterocycles. The Balaban J connectivity index is 2.46. The van der Waals surface area contributed by atoms with Crippen molar-refractivity contribution in [1.82, 2.24) is 4.90 Å². The van der Waals surface area contributed by atoms with Gasteiger partial charge in [-0.05, 0) is 25.3 Å². The van der Waals surface area contributed by atoms with Crippen molar-refractivity contribution in [1.29, 1.82) is 0 Å². The van der Waals surface area contributed by atoms with E-state index >= 15 is 0 Å². The smallest absolute Gasteiger partial charge is 0.0695 e. The van der Waals surface area contributed by atoms with Gasteiger partial charge < -0.3 is 10.0 Å². The van der Waals surface area contributed by atoms with Gasteiger partial charge >= 0.3 is 0 Å². The Morgan fingerprint density at radius 2 is 1.79 bits per heavy atom. The monoisotopic (exact) mass is 199 g/mol. The quantitative estimate of drug-likeness (QED) is 0.737. The third-order valence-electron chi connectivity index (χ3n) is 2.98. The first-order chi connectivity index (χ1) is 6.40. The fourth-order valence-electron chi connectivity index (χ4n) is 2.47. The van der Waals surface area contributed by atoms with Crippen LogP contribution in [0.15, 0.2) is 0 Å². The van der Waals surface area contributed by atoms with Crippen molar-refractivity contribution in [3.05, 3.63) is 0 Å². The van der Waals surface area contributed by atoms with Gasteiger partial charge in [0.1, 0.15) is 0 Å². The van der Waals surface area contributed by atoms with Gasteiger partial charge in [-0.25, -0.2) is 0 Å². The molecular formula is C12H25NO. The largest absolute Gasteiger partial charge is 0.391 e. The van der Waals surface area contributed by atoms with Gasteiger partial charge in [0.2, 0.25) is 0 Å². The molecule has 2 heteroatoms. The Hall–Kier alpha value is -0.0800. The van der Waals surface area contributed by atoms with Crippen LogP contribution in [0.3, 0.4) is 0 Å². The summed E-state index contributed by atoms with van der Waals surface area (Å²) in [7, 11) is 2.14. The van der Waals surface area contributed by atoms with Crippen LogP contribution in [0.5, 0.6) is 0 Å². The normalized spacial score (nSPS) is 29.6. The summed E-state index contributed by atoms with van der Waals surface area (Å²) in [6, 6.07) is 0.392. The Kier molecular flexibility index (Phi) is 3.96. The van der Waals surface area contributed by atoms with Crippen LogP contribution >= 0.6 is 0 Å². The summed E-state index contributed by atoms with van der Waals surface area (Å²) >= 11 is 0. The average Bonchev–Trinajstić information content (AvgIpc) is 2.01. The Bertz CT molecular complexity index is 174. The van der Waals surface area contributed by atoms with Crippen LogP contribution in [-0.4, -0.2) is 35.7 Å². The first kappa shape index (κ1) is 12.0. The molecule has 1 fully saturated rings. The molecule has 14 heavy (non-hydrogen) atoms. The summed E-state index contributed by atoms with van der Waals surface area (Å²) in [6.45, 7) is 7.81. The van der Waals surface area contributed by atoms with Crippen molar-refractivity contribution in [2.45, 2.75) is 58.6 Å². The first-order valence-electron chi connectivity index (χ1n) is 5.78. The van der Waals surface area contributed by atoms with Gasteiger partial charge in [-0.15, -0.1) is 0 Å². The zero-order valence-electron chi connectivity index (χ0n) is 10.1. The van der Waals surface area contributed by atoms with Crippen LogP contribution in [0.25, 0.3) is 0 Å². The van der Waals surface area contributed by atoms with Crippen molar-refractivity contribution in [2.75, 3.05) is 13.6 Å². The van der Waals surface area contributed by atoms with E-state index in [4.69, 9.17) is 0 Å². The number of rotatable bonds is 2. The molecule has 0 saturated heterocycles. The van der Waals surface area contributed by atoms with E-state index in [-0.39, 0.29) is 6.10 Å². The lowest BCUT2D eigenvalue weighted by Crippen LogP contribution is -2.46. The van der Waals surface area contributed by atoms with Crippen LogP contribution in [0.1, 0.15) is 46.5 Å². The van der Waals surface area contributed by atoms with Gasteiger partial charge in [0, 0.05) is 12.6 Å². The van der Waals surface area contributed by atoms with E-state index in [1.165, 1.54) is 12.8 Å². The first-order valence-corrected chi connectivity index (χ1v) is 5.78. The molecule has 2 atom stereocenters. The number of aliphatic hydroxyl groups excluding tert-OH is 1. The fourth-order valence-corrected chi connectivity index (χ4v) is 2.47. The minimum atomic E-state index is -0.101. The lowest BCUT2D eigenvalue weighted by Gasteiger charge is -2.38. The van der Waals surface area contributed by atoms with Gasteiger partial charge in [0.15, 0.2) is 0 Å². The average molecular weight is 199 g/mol. The van der Waals surface area contributed by atoms with Crippen LogP contribution < -0.4 is 0 Å². The van der Waals surface area contributed by atoms with Crippen LogP contribution in [0.2, 0.25) is 0 Å². The SMILES string of the molecule is CN(CC(C)(C)C)C1CCCCC1O. The number of nitrogens with zero attached hydrogens (tertiary/aromatic N) is 1. The minimum Gasteiger partial charge on any atom is -0.391 e. The van der Waals surface area contributed by atoms with Crippen molar-refractivity contribution in [3.63, 3.8) is 0 Å². The topological polar surface area (TPSA) is 23.5 Å². The molecule has 0 aliphatic heterocycles. The lowest BCUT2D eigenvalue weighted by atomic mass is 9.89. The minimum absolute atomic E-state index is 0.101. The molecule has 0 bridgehead atoms. The molecule has 0 spiro atoms. The van der Waals surface area contributed by atoms with Crippen LogP contribution in [-0.2, 0) is 0 Å². The zero-order chi connectivity index (χ0) is 10.8. The maximum absolute atomic E-state index is 9.89. The predicted molar refractivity (Wildman–Crippen MR) is 60.3 cm³/mol. The molecule has 0 aromatic carbocycles. The number of hydrogen-bond donors (Lipinski definition) is 1. The van der Waals surface area contributed by atoms with E-state index in [0.29, 0.717) is 11.5 Å². The Morgan fingerprint density at radius 3 is 2.29 bits per heavy atom. The zero-order valence-corrected chi connectivity index (χ0v) is 10.1. The molecule has 1 saturated carbocycles. The predicted octanol–water partition coefficient (Wildman–Crippen LogP) is 2.27. The molecule has 1 rings (SSSR count). The highest BCUT2D eigenvalue weighted by atomic mass is 16.3. The number of hydrogen-bond acceptors (Lipinski definition) is 2. The highest BCUT2D eigenvalue weighted by Crippen LogP contribution is 2.25. The highest BCUT2D eigenvalue weighted by Gasteiger charge is 2.28. The molecular weight excluding hydrogens is 174 g/mol. The van der Waals surface area contributed by atoms with Gasteiger partial charge in [0.05, 0.1) is 6.10 Å². The van der Waals surface area contributed by atoms with Gasteiger partial charge in [-0.3, -0.25) is 0 Å². The maximum atomic E-state index is 9.89. The fraction of sp³-hybridized carbons (Fsp3) is 1.00. The lowest BCUT2D eigenvalue weighted by molar-refractivity contribution is 0.0193. The van der Waals surface area contributed by atoms with Crippen molar-refractivity contribution in [3.8, 4) is 0 Å². The molecule has 0 radical (unpaired) electrons. The maximum Gasteiger partial charge on any atom is 0.0695 e. The summed E-state index contributed by atoms with van der Waals surface area (Å²) in [6.07, 6.45) is 4.51. The summed E-state index contributed by atoms with van der Waals surface area (Å²) in [5, 5.41) is 9.89. The molecule has 1 aliphatic rings. The van der Waals surface area contributed by atoms with Gasteiger partial charge in [-0.1, -0.05) is 33.6 Å². The summed E-state index contributed by atoms with van der Waals surface area (Å²) in [5.74, 6) is 0. The van der Waals surface area contributed by atoms with E-state index < -0.39 is 0 Å². The van der Waals surface area contributed by atoms with Crippen LogP contribution in [0.4, 0.5) is 0 Å². The molecule has 1 N–H and O–H groups in total. The van der Waals surface area contributed by atoms with Crippen molar-refractivity contribution in [2.24, 2.45) is 5.41 Å². The second-order valence-corrected chi connectivity index (χ2v) is 5.89. The van der Waals surface area contributed by atoms with Crippen molar-refractivity contribution < 1.29 is 5.11 Å². The molecule has 0 amide bonds. The second-order valence-electron chi connectivity index (χ2n) is 5.89. The molecule has 0 aromatic heterocycles. The summed E-state index contributed by atoms with van der Waals surface area (Å²) in [5.41, 5.74) is 0.325. The van der Waals surface area contributed by atoms with Gasteiger partial charge in [-0.2, -0.15) is 0 Å². The highest BCUT2D eigenvalue weighted by molar-refractivity contribution is 4.83. The summed E-state index contributed by atoms with van der Waals surface area (Å²) < 4.78 is 0. The standard InChI is InChI=1S/C12H25NO/c1-12(2,3)9-13(4)10-7-5-6-8-11(10)14/h10-11,14H,5-9H2,1-4H3. The van der Waals surface area contributed by atoms with E-state index in [1.54, 1.807) is 0 Å². The number of aliphatic hydroxyl groups is 1. The van der Waals surface area contributed by atoms with E-state index in [1.807, 2.05) is 0 Å². The summed E-state index contributed by atoms with van der Waals surface area (Å²) in [4.78, 5) is 2.34. The third-order valence-corrected chi connectivity index (χ3v) is 2.98. The molecule has 84 valence electrons. The molecule has 0 aromatic rings. The van der Waals surface area contributed by atoms with E-state index in [2.05, 4.69) is 32.7 Å². The van der Waals surface area contributed by atoms with E-state index in [9.17, 15) is 5.11 Å². The Labute approximate surface area is 88.3 Å². The third kappa shape index (κ3) is 3.58. The molecule has 2 unspecified atom stereocenters. The molecule has 2 nitrogen and oxygen atoms in total. The molecule has 1 aliphatic carbocycles. The number of likely N-dealkylation sites (N-methyl/N-ethyl adjacent to an activating group) is 1. The second kappa shape index (κ2) is 4.63. The van der Waals surface area contributed by atoms with Crippen molar-refractivity contribution >= 4 is 0 Å². The Morgan fingerprint density at radius 1 is 1.21 bits per heavy atom. The van der Waals surface area contributed by atoms with Crippen LogP contribution in [0, 0.1) is 5.41 Å². The van der Waals surface area contributed by atoms with E-state index in [0.717, 1.165) is 19.4 Å². The van der Waals surface area contributed by atoms with Gasteiger partial charge in [0.25, 0.3) is 0 Å².